The Morgan fingerprint density at radius 1 is 1.45 bits per heavy atom. The van der Waals surface area contributed by atoms with Gasteiger partial charge in [0.15, 0.2) is 0 Å². The maximum absolute atomic E-state index is 13.2. The fraction of sp³-hybridized carbons (Fsp3) is 0.412. The van der Waals surface area contributed by atoms with Crippen molar-refractivity contribution in [3.63, 3.8) is 0 Å². The highest BCUT2D eigenvalue weighted by Crippen LogP contribution is 2.24. The van der Waals surface area contributed by atoms with Gasteiger partial charge in [0.2, 0.25) is 0 Å². The second-order valence-corrected chi connectivity index (χ2v) is 6.54. The molecule has 2 atom stereocenters. The van der Waals surface area contributed by atoms with E-state index >= 15 is 0 Å². The van der Waals surface area contributed by atoms with Gasteiger partial charge in [-0.05, 0) is 58.5 Å². The van der Waals surface area contributed by atoms with Crippen molar-refractivity contribution in [2.24, 2.45) is 5.92 Å². The molecule has 3 nitrogen and oxygen atoms in total. The van der Waals surface area contributed by atoms with E-state index in [1.807, 2.05) is 6.07 Å². The van der Waals surface area contributed by atoms with Gasteiger partial charge in [-0.2, -0.15) is 5.26 Å². The van der Waals surface area contributed by atoms with E-state index < -0.39 is 0 Å². The molecule has 1 N–H and O–H groups in total. The summed E-state index contributed by atoms with van der Waals surface area (Å²) < 4.78 is 13.5. The zero-order chi connectivity index (χ0) is 16.1. The average Bonchev–Trinajstić information content (AvgIpc) is 2.50. The molecule has 0 aliphatic heterocycles. The summed E-state index contributed by atoms with van der Waals surface area (Å²) in [7, 11) is 0. The summed E-state index contributed by atoms with van der Waals surface area (Å²) in [6.45, 7) is 2.12. The van der Waals surface area contributed by atoms with Crippen LogP contribution in [0.25, 0.3) is 6.08 Å². The first kappa shape index (κ1) is 16.7. The highest BCUT2D eigenvalue weighted by molar-refractivity contribution is 9.10. The maximum Gasteiger partial charge on any atom is 0.262 e. The van der Waals surface area contributed by atoms with Crippen molar-refractivity contribution in [2.45, 2.75) is 38.6 Å². The van der Waals surface area contributed by atoms with E-state index in [0.29, 0.717) is 16.0 Å². The molecule has 1 amide bonds. The van der Waals surface area contributed by atoms with Crippen molar-refractivity contribution >= 4 is 27.9 Å². The number of halogens is 2. The third-order valence-electron chi connectivity index (χ3n) is 4.05. The molecule has 0 radical (unpaired) electrons. The predicted molar refractivity (Wildman–Crippen MR) is 87.3 cm³/mol. The van der Waals surface area contributed by atoms with Crippen molar-refractivity contribution in [2.75, 3.05) is 0 Å². The van der Waals surface area contributed by atoms with Gasteiger partial charge in [0.05, 0.1) is 4.47 Å². The van der Waals surface area contributed by atoms with Crippen LogP contribution in [0.1, 0.15) is 38.2 Å². The Balaban J connectivity index is 2.13. The molecule has 1 fully saturated rings. The average molecular weight is 365 g/mol. The summed E-state index contributed by atoms with van der Waals surface area (Å²) in [4.78, 5) is 12.3. The molecular weight excluding hydrogens is 347 g/mol. The largest absolute Gasteiger partial charge is 0.348 e. The first-order valence-electron chi connectivity index (χ1n) is 7.39. The number of carbonyl (C=O) groups excluding carboxylic acids is 1. The Hall–Kier alpha value is -1.67. The highest BCUT2D eigenvalue weighted by atomic mass is 79.9. The van der Waals surface area contributed by atoms with Gasteiger partial charge < -0.3 is 5.32 Å². The van der Waals surface area contributed by atoms with Gasteiger partial charge in [0.1, 0.15) is 17.5 Å². The number of carbonyl (C=O) groups is 1. The first-order chi connectivity index (χ1) is 10.5. The number of nitriles is 1. The summed E-state index contributed by atoms with van der Waals surface area (Å²) in [5.41, 5.74) is 0.646. The molecule has 1 aromatic carbocycles. The Morgan fingerprint density at radius 2 is 2.18 bits per heavy atom. The van der Waals surface area contributed by atoms with E-state index in [2.05, 4.69) is 28.2 Å². The minimum absolute atomic E-state index is 0.0382. The predicted octanol–water partition coefficient (Wildman–Crippen LogP) is 4.19. The van der Waals surface area contributed by atoms with E-state index in [1.54, 1.807) is 6.07 Å². The number of rotatable bonds is 3. The number of hydrogen-bond donors (Lipinski definition) is 1. The smallest absolute Gasteiger partial charge is 0.262 e. The van der Waals surface area contributed by atoms with Crippen LogP contribution in [-0.2, 0) is 4.79 Å². The maximum atomic E-state index is 13.2. The van der Waals surface area contributed by atoms with Crippen molar-refractivity contribution in [1.29, 1.82) is 5.26 Å². The molecule has 0 bridgehead atoms. The van der Waals surface area contributed by atoms with Gasteiger partial charge in [0.25, 0.3) is 5.91 Å². The zero-order valence-corrected chi connectivity index (χ0v) is 14.0. The van der Waals surface area contributed by atoms with E-state index in [0.717, 1.165) is 19.3 Å². The topological polar surface area (TPSA) is 52.9 Å². The summed E-state index contributed by atoms with van der Waals surface area (Å²) in [5.74, 6) is -0.310. The van der Waals surface area contributed by atoms with Gasteiger partial charge in [-0.1, -0.05) is 25.8 Å². The number of benzene rings is 1. The molecule has 116 valence electrons. The van der Waals surface area contributed by atoms with E-state index in [-0.39, 0.29) is 23.3 Å². The molecular formula is C17H18BrFN2O. The molecule has 1 aliphatic rings. The van der Waals surface area contributed by atoms with Crippen LogP contribution in [0.15, 0.2) is 28.2 Å². The van der Waals surface area contributed by atoms with Gasteiger partial charge in [-0.15, -0.1) is 0 Å². The lowest BCUT2D eigenvalue weighted by Gasteiger charge is -2.29. The van der Waals surface area contributed by atoms with Crippen LogP contribution in [-0.4, -0.2) is 11.9 Å². The first-order valence-corrected chi connectivity index (χ1v) is 8.18. The zero-order valence-electron chi connectivity index (χ0n) is 12.4. The van der Waals surface area contributed by atoms with Crippen LogP contribution in [0, 0.1) is 23.1 Å². The molecule has 22 heavy (non-hydrogen) atoms. The van der Waals surface area contributed by atoms with Crippen LogP contribution in [0.5, 0.6) is 0 Å². The van der Waals surface area contributed by atoms with Crippen LogP contribution < -0.4 is 5.32 Å². The summed E-state index contributed by atoms with van der Waals surface area (Å²) >= 11 is 3.09. The molecule has 0 unspecified atom stereocenters. The third-order valence-corrected chi connectivity index (χ3v) is 4.66. The quantitative estimate of drug-likeness (QED) is 0.645. The second kappa shape index (κ2) is 7.55. The molecule has 0 spiro atoms. The Kier molecular flexibility index (Phi) is 5.73. The van der Waals surface area contributed by atoms with Gasteiger partial charge in [-0.25, -0.2) is 4.39 Å². The molecule has 1 aromatic rings. The van der Waals surface area contributed by atoms with Crippen molar-refractivity contribution in [1.82, 2.24) is 5.32 Å². The van der Waals surface area contributed by atoms with Gasteiger partial charge in [0, 0.05) is 6.04 Å². The fourth-order valence-electron chi connectivity index (χ4n) is 2.69. The molecule has 1 aliphatic carbocycles. The Bertz CT molecular complexity index is 636. The lowest BCUT2D eigenvalue weighted by molar-refractivity contribution is -0.118. The second-order valence-electron chi connectivity index (χ2n) is 5.69. The summed E-state index contributed by atoms with van der Waals surface area (Å²) in [5, 5.41) is 12.2. The van der Waals surface area contributed by atoms with Gasteiger partial charge in [-0.3, -0.25) is 4.79 Å². The van der Waals surface area contributed by atoms with Gasteiger partial charge >= 0.3 is 0 Å². The van der Waals surface area contributed by atoms with Crippen LogP contribution in [0.3, 0.4) is 0 Å². The van der Waals surface area contributed by atoms with Crippen molar-refractivity contribution in [3.05, 3.63) is 39.6 Å². The lowest BCUT2D eigenvalue weighted by Crippen LogP contribution is -2.41. The van der Waals surface area contributed by atoms with Crippen molar-refractivity contribution in [3.8, 4) is 6.07 Å². The van der Waals surface area contributed by atoms with E-state index in [9.17, 15) is 14.4 Å². The fourth-order valence-corrected chi connectivity index (χ4v) is 3.09. The SMILES string of the molecule is C[C@@H]1CCCC[C@@H]1NC(=O)/C(C#N)=C/c1ccc(F)c(Br)c1. The molecule has 0 heterocycles. The lowest BCUT2D eigenvalue weighted by atomic mass is 9.86. The van der Waals surface area contributed by atoms with Crippen LogP contribution in [0.2, 0.25) is 0 Å². The standard InChI is InChI=1S/C17H18BrFN2O/c1-11-4-2-3-5-16(11)21-17(22)13(10-20)8-12-6-7-15(19)14(18)9-12/h6-9,11,16H,2-5H2,1H3,(H,21,22)/b13-8+/t11-,16+/m1/s1. The Morgan fingerprint density at radius 3 is 2.82 bits per heavy atom. The van der Waals surface area contributed by atoms with E-state index in [4.69, 9.17) is 0 Å². The summed E-state index contributed by atoms with van der Waals surface area (Å²) in [6, 6.07) is 6.43. The minimum atomic E-state index is -0.379. The number of nitrogens with zero attached hydrogens (tertiary/aromatic N) is 1. The molecule has 1 saturated carbocycles. The Labute approximate surface area is 138 Å². The minimum Gasteiger partial charge on any atom is -0.348 e. The third kappa shape index (κ3) is 4.17. The normalized spacial score (nSPS) is 22.0. The molecule has 0 saturated heterocycles. The van der Waals surface area contributed by atoms with Crippen LogP contribution >= 0.6 is 15.9 Å². The van der Waals surface area contributed by atoms with E-state index in [1.165, 1.54) is 24.6 Å². The molecule has 5 heteroatoms. The van der Waals surface area contributed by atoms with Crippen LogP contribution in [0.4, 0.5) is 4.39 Å². The monoisotopic (exact) mass is 364 g/mol. The number of nitrogens with one attached hydrogen (secondary N) is 1. The molecule has 2 rings (SSSR count). The molecule has 0 aromatic heterocycles. The highest BCUT2D eigenvalue weighted by Gasteiger charge is 2.24. The van der Waals surface area contributed by atoms with Crippen molar-refractivity contribution < 1.29 is 9.18 Å². The number of amides is 1. The summed E-state index contributed by atoms with van der Waals surface area (Å²) in [6.07, 6.45) is 5.83. The number of hydrogen-bond acceptors (Lipinski definition) is 2.